The lowest BCUT2D eigenvalue weighted by Gasteiger charge is -2.17. The van der Waals surface area contributed by atoms with E-state index in [1.807, 2.05) is 0 Å². The van der Waals surface area contributed by atoms with Crippen LogP contribution >= 0.6 is 12.2 Å². The number of ether oxygens (including phenoxy) is 1. The maximum atomic E-state index is 11.0. The van der Waals surface area contributed by atoms with Crippen LogP contribution in [0.2, 0.25) is 0 Å². The third-order valence-corrected chi connectivity index (χ3v) is 2.96. The average Bonchev–Trinajstić information content (AvgIpc) is 2.57. The van der Waals surface area contributed by atoms with Crippen LogP contribution in [0.4, 0.5) is 0 Å². The predicted molar refractivity (Wildman–Crippen MR) is 58.9 cm³/mol. The highest BCUT2D eigenvalue weighted by atomic mass is 32.1. The lowest BCUT2D eigenvalue weighted by molar-refractivity contribution is -0.0541. The summed E-state index contributed by atoms with van der Waals surface area (Å²) in [6.45, 7) is -0.411. The van der Waals surface area contributed by atoms with Crippen molar-refractivity contribution in [2.75, 3.05) is 6.61 Å². The van der Waals surface area contributed by atoms with Crippen LogP contribution in [0.25, 0.3) is 0 Å². The summed E-state index contributed by atoms with van der Waals surface area (Å²) in [5.41, 5.74) is -0.363. The number of rotatable bonds is 2. The van der Waals surface area contributed by atoms with Crippen molar-refractivity contribution in [2.45, 2.75) is 24.5 Å². The van der Waals surface area contributed by atoms with Gasteiger partial charge in [0.1, 0.15) is 18.3 Å². The van der Waals surface area contributed by atoms with Crippen molar-refractivity contribution in [1.82, 2.24) is 9.55 Å². The Hall–Kier alpha value is -1.06. The molecule has 1 saturated heterocycles. The molecule has 0 amide bonds. The zero-order valence-corrected chi connectivity index (χ0v) is 9.50. The number of aromatic nitrogens is 2. The monoisotopic (exact) mass is 260 g/mol. The molecule has 2 heterocycles. The summed E-state index contributed by atoms with van der Waals surface area (Å²) in [6, 6.07) is 1.23. The first-order valence-electron chi connectivity index (χ1n) is 4.98. The molecule has 0 spiro atoms. The van der Waals surface area contributed by atoms with Gasteiger partial charge in [-0.1, -0.05) is 0 Å². The van der Waals surface area contributed by atoms with E-state index in [0.717, 1.165) is 0 Å². The van der Waals surface area contributed by atoms with Crippen molar-refractivity contribution < 1.29 is 20.1 Å². The van der Waals surface area contributed by atoms with E-state index in [1.54, 1.807) is 0 Å². The van der Waals surface area contributed by atoms with Crippen molar-refractivity contribution in [2.24, 2.45) is 0 Å². The van der Waals surface area contributed by atoms with Crippen LogP contribution in [0.1, 0.15) is 6.23 Å². The van der Waals surface area contributed by atoms with E-state index in [-0.39, 0.29) is 10.3 Å². The lowest BCUT2D eigenvalue weighted by Crippen LogP contribution is -2.33. The summed E-state index contributed by atoms with van der Waals surface area (Å²) < 4.78 is 6.66. The number of nitrogens with zero attached hydrogens (tertiary/aromatic N) is 1. The summed E-state index contributed by atoms with van der Waals surface area (Å²) in [5, 5.41) is 28.3. The standard InChI is InChI=1S/C9H12N2O5S/c12-3-4-6(14)7(15)8(16-4)11-2-1-5(13)10-9(11)17/h1-2,4,6-8,12,14-15H,3H2,(H,10,13,17)/t4-,6-,7-,8-/m0/s1. The number of aliphatic hydroxyl groups excluding tert-OH is 3. The number of aliphatic hydroxyl groups is 3. The Labute approximate surface area is 101 Å². The summed E-state index contributed by atoms with van der Waals surface area (Å²) in [4.78, 5) is 13.4. The van der Waals surface area contributed by atoms with Crippen LogP contribution in [0.3, 0.4) is 0 Å². The fourth-order valence-corrected chi connectivity index (χ4v) is 2.00. The molecule has 1 fully saturated rings. The van der Waals surface area contributed by atoms with Crippen molar-refractivity contribution in [3.63, 3.8) is 0 Å². The lowest BCUT2D eigenvalue weighted by atomic mass is 10.1. The second-order valence-corrected chi connectivity index (χ2v) is 4.13. The third-order valence-electron chi connectivity index (χ3n) is 2.64. The fourth-order valence-electron chi connectivity index (χ4n) is 1.74. The topological polar surface area (TPSA) is 108 Å². The highest BCUT2D eigenvalue weighted by Crippen LogP contribution is 2.28. The highest BCUT2D eigenvalue weighted by Gasteiger charge is 2.43. The van der Waals surface area contributed by atoms with Crippen molar-refractivity contribution in [3.8, 4) is 0 Å². The van der Waals surface area contributed by atoms with Crippen LogP contribution in [0, 0.1) is 4.77 Å². The van der Waals surface area contributed by atoms with E-state index >= 15 is 0 Å². The molecule has 2 rings (SSSR count). The van der Waals surface area contributed by atoms with Crippen molar-refractivity contribution >= 4 is 12.2 Å². The van der Waals surface area contributed by atoms with E-state index < -0.39 is 31.1 Å². The van der Waals surface area contributed by atoms with Crippen LogP contribution in [0.15, 0.2) is 17.1 Å². The summed E-state index contributed by atoms with van der Waals surface area (Å²) >= 11 is 4.91. The van der Waals surface area contributed by atoms with Crippen LogP contribution in [-0.2, 0) is 4.74 Å². The van der Waals surface area contributed by atoms with Gasteiger partial charge >= 0.3 is 0 Å². The molecule has 8 heteroatoms. The molecule has 0 aliphatic carbocycles. The molecule has 0 aromatic carbocycles. The van der Waals surface area contributed by atoms with Gasteiger partial charge in [-0.25, -0.2) is 0 Å². The molecule has 7 nitrogen and oxygen atoms in total. The second-order valence-electron chi connectivity index (χ2n) is 3.75. The minimum absolute atomic E-state index is 0.0762. The summed E-state index contributed by atoms with van der Waals surface area (Å²) in [6.07, 6.45) is -2.85. The van der Waals surface area contributed by atoms with Gasteiger partial charge in [0.25, 0.3) is 5.56 Å². The number of nitrogens with one attached hydrogen (secondary N) is 1. The smallest absolute Gasteiger partial charge is 0.251 e. The van der Waals surface area contributed by atoms with Crippen LogP contribution in [0.5, 0.6) is 0 Å². The quantitative estimate of drug-likeness (QED) is 0.483. The molecule has 17 heavy (non-hydrogen) atoms. The highest BCUT2D eigenvalue weighted by molar-refractivity contribution is 7.71. The van der Waals surface area contributed by atoms with Gasteiger partial charge in [0, 0.05) is 12.3 Å². The number of hydrogen-bond donors (Lipinski definition) is 4. The Morgan fingerprint density at radius 2 is 2.18 bits per heavy atom. The van der Waals surface area contributed by atoms with Gasteiger partial charge in [-0.2, -0.15) is 0 Å². The zero-order valence-electron chi connectivity index (χ0n) is 8.68. The normalized spacial score (nSPS) is 32.9. The van der Waals surface area contributed by atoms with Crippen molar-refractivity contribution in [1.29, 1.82) is 0 Å². The van der Waals surface area contributed by atoms with Crippen LogP contribution < -0.4 is 5.56 Å². The molecule has 4 atom stereocenters. The first-order chi connectivity index (χ1) is 8.04. The molecule has 1 aromatic heterocycles. The van der Waals surface area contributed by atoms with Gasteiger partial charge in [0.05, 0.1) is 6.61 Å². The minimum Gasteiger partial charge on any atom is -0.394 e. The van der Waals surface area contributed by atoms with E-state index in [4.69, 9.17) is 22.1 Å². The zero-order chi connectivity index (χ0) is 12.6. The molecule has 0 radical (unpaired) electrons. The summed E-state index contributed by atoms with van der Waals surface area (Å²) in [5.74, 6) is 0. The molecular formula is C9H12N2O5S. The summed E-state index contributed by atoms with van der Waals surface area (Å²) in [7, 11) is 0. The minimum atomic E-state index is -1.22. The Morgan fingerprint density at radius 1 is 1.47 bits per heavy atom. The molecule has 0 bridgehead atoms. The Balaban J connectivity index is 2.35. The molecule has 1 aromatic rings. The molecular weight excluding hydrogens is 248 g/mol. The van der Waals surface area contributed by atoms with E-state index in [1.165, 1.54) is 16.8 Å². The predicted octanol–water partition coefficient (Wildman–Crippen LogP) is -1.48. The van der Waals surface area contributed by atoms with E-state index in [0.29, 0.717) is 0 Å². The SMILES string of the molecule is O=c1ccn([C@H]2O[C@@H](CO)[C@H](O)[C@@H]2O)c(=S)[nH]1. The van der Waals surface area contributed by atoms with Gasteiger partial charge in [-0.15, -0.1) is 0 Å². The number of H-pyrrole nitrogens is 1. The number of hydrogen-bond acceptors (Lipinski definition) is 6. The Bertz CT molecular complexity index is 513. The van der Waals surface area contributed by atoms with Gasteiger partial charge < -0.3 is 20.1 Å². The number of aromatic amines is 1. The van der Waals surface area contributed by atoms with Gasteiger partial charge in [-0.3, -0.25) is 14.3 Å². The molecule has 1 aliphatic heterocycles. The first kappa shape index (κ1) is 12.4. The third kappa shape index (κ3) is 2.17. The fraction of sp³-hybridized carbons (Fsp3) is 0.556. The average molecular weight is 260 g/mol. The Morgan fingerprint density at radius 3 is 2.71 bits per heavy atom. The van der Waals surface area contributed by atoms with E-state index in [2.05, 4.69) is 4.98 Å². The maximum Gasteiger partial charge on any atom is 0.251 e. The first-order valence-corrected chi connectivity index (χ1v) is 5.39. The van der Waals surface area contributed by atoms with Gasteiger partial charge in [-0.05, 0) is 12.2 Å². The van der Waals surface area contributed by atoms with Crippen LogP contribution in [-0.4, -0.2) is 49.8 Å². The maximum absolute atomic E-state index is 11.0. The molecule has 0 unspecified atom stereocenters. The molecule has 94 valence electrons. The van der Waals surface area contributed by atoms with E-state index in [9.17, 15) is 15.0 Å². The largest absolute Gasteiger partial charge is 0.394 e. The Kier molecular flexibility index (Phi) is 3.40. The molecule has 0 saturated carbocycles. The van der Waals surface area contributed by atoms with Crippen molar-refractivity contribution in [3.05, 3.63) is 27.4 Å². The van der Waals surface area contributed by atoms with Gasteiger partial charge in [0.2, 0.25) is 0 Å². The molecule has 4 N–H and O–H groups in total. The van der Waals surface area contributed by atoms with Gasteiger partial charge in [0.15, 0.2) is 11.0 Å². The second kappa shape index (κ2) is 4.67. The molecule has 1 aliphatic rings.